The fourth-order valence-corrected chi connectivity index (χ4v) is 4.10. The van der Waals surface area contributed by atoms with Crippen molar-refractivity contribution in [3.05, 3.63) is 59.2 Å². The minimum Gasteiger partial charge on any atom is -0.368 e. The largest absolute Gasteiger partial charge is 0.416 e. The van der Waals surface area contributed by atoms with Gasteiger partial charge in [-0.1, -0.05) is 12.1 Å². The molecule has 4 nitrogen and oxygen atoms in total. The molecule has 1 N–H and O–H groups in total. The number of amidine groups is 1. The number of piperazine rings is 1. The Labute approximate surface area is 187 Å². The van der Waals surface area contributed by atoms with Crippen LogP contribution in [-0.4, -0.2) is 42.0 Å². The summed E-state index contributed by atoms with van der Waals surface area (Å²) in [6, 6.07) is 9.90. The van der Waals surface area contributed by atoms with Gasteiger partial charge >= 0.3 is 6.18 Å². The highest BCUT2D eigenvalue weighted by Crippen LogP contribution is 2.34. The Bertz CT molecular complexity index is 1050. The summed E-state index contributed by atoms with van der Waals surface area (Å²) in [7, 11) is 0. The average Bonchev–Trinajstić information content (AvgIpc) is 3.14. The second-order valence-electron chi connectivity index (χ2n) is 7.93. The highest BCUT2D eigenvalue weighted by atomic mass is 32.1. The zero-order valence-corrected chi connectivity index (χ0v) is 18.0. The van der Waals surface area contributed by atoms with E-state index in [4.69, 9.17) is 12.2 Å². The highest BCUT2D eigenvalue weighted by molar-refractivity contribution is 7.80. The minimum atomic E-state index is -4.39. The zero-order valence-electron chi connectivity index (χ0n) is 17.2. The summed E-state index contributed by atoms with van der Waals surface area (Å²) in [4.78, 5) is 8.34. The number of nitrogens with zero attached hydrogens (tertiary/aromatic N) is 3. The number of anilines is 2. The van der Waals surface area contributed by atoms with E-state index in [1.54, 1.807) is 12.1 Å². The van der Waals surface area contributed by atoms with Gasteiger partial charge in [0, 0.05) is 56.5 Å². The van der Waals surface area contributed by atoms with Crippen LogP contribution < -0.4 is 10.2 Å². The molecule has 10 heteroatoms. The van der Waals surface area contributed by atoms with Crippen LogP contribution in [0.1, 0.15) is 23.6 Å². The molecule has 2 aliphatic rings. The van der Waals surface area contributed by atoms with Crippen LogP contribution >= 0.6 is 12.2 Å². The predicted octanol–water partition coefficient (Wildman–Crippen LogP) is 5.29. The molecule has 0 unspecified atom stereocenters. The van der Waals surface area contributed by atoms with Gasteiger partial charge in [0.25, 0.3) is 5.92 Å². The molecule has 0 amide bonds. The summed E-state index contributed by atoms with van der Waals surface area (Å²) < 4.78 is 66.0. The van der Waals surface area contributed by atoms with E-state index in [1.165, 1.54) is 18.2 Å². The average molecular weight is 468 g/mol. The number of rotatable bonds is 2. The summed E-state index contributed by atoms with van der Waals surface area (Å²) in [5.74, 6) is -2.40. The molecular weight excluding hydrogens is 447 g/mol. The molecular formula is C22H21F5N4S. The molecule has 2 aromatic rings. The van der Waals surface area contributed by atoms with Crippen LogP contribution in [0.2, 0.25) is 0 Å². The molecule has 1 fully saturated rings. The van der Waals surface area contributed by atoms with Crippen molar-refractivity contribution < 1.29 is 22.0 Å². The molecule has 170 valence electrons. The first-order valence-electron chi connectivity index (χ1n) is 10.1. The molecule has 2 heterocycles. The van der Waals surface area contributed by atoms with Gasteiger partial charge in [0.1, 0.15) is 5.84 Å². The standard InChI is InChI=1S/C22H21F5N4S/c1-21(23,24)15-3-2-4-17(13-15)30-7-9-31(10-8-30)20(32)29-19-12-14-11-16(22(25,26)27)5-6-18(14)28-19/h2-6,11,13H,7-10,12H2,1H3,(H,28,29,32). The van der Waals surface area contributed by atoms with Crippen molar-refractivity contribution in [1.82, 2.24) is 4.90 Å². The van der Waals surface area contributed by atoms with Gasteiger partial charge in [-0.05, 0) is 48.1 Å². The van der Waals surface area contributed by atoms with E-state index in [0.29, 0.717) is 48.4 Å². The monoisotopic (exact) mass is 468 g/mol. The molecule has 32 heavy (non-hydrogen) atoms. The third-order valence-electron chi connectivity index (χ3n) is 5.57. The predicted molar refractivity (Wildman–Crippen MR) is 119 cm³/mol. The van der Waals surface area contributed by atoms with Crippen LogP contribution in [0.5, 0.6) is 0 Å². The number of alkyl halides is 5. The Morgan fingerprint density at radius 3 is 2.34 bits per heavy atom. The van der Waals surface area contributed by atoms with Gasteiger partial charge in [-0.3, -0.25) is 0 Å². The zero-order chi connectivity index (χ0) is 23.1. The lowest BCUT2D eigenvalue weighted by atomic mass is 10.1. The van der Waals surface area contributed by atoms with Crippen molar-refractivity contribution in [1.29, 1.82) is 0 Å². The van der Waals surface area contributed by atoms with E-state index in [1.807, 2.05) is 9.80 Å². The van der Waals surface area contributed by atoms with Gasteiger partial charge in [0.15, 0.2) is 5.11 Å². The van der Waals surface area contributed by atoms with E-state index in [2.05, 4.69) is 10.3 Å². The third kappa shape index (κ3) is 4.85. The SMILES string of the molecule is CC(F)(F)c1cccc(N2CCN(C(=S)N=C3Cc4cc(C(F)(F)F)ccc4N3)CC2)c1. The third-order valence-corrected chi connectivity index (χ3v) is 5.92. The maximum absolute atomic E-state index is 13.6. The topological polar surface area (TPSA) is 30.9 Å². The summed E-state index contributed by atoms with van der Waals surface area (Å²) in [6.45, 7) is 3.18. The second-order valence-corrected chi connectivity index (χ2v) is 8.29. The summed E-state index contributed by atoms with van der Waals surface area (Å²) in [6.07, 6.45) is -4.15. The van der Waals surface area contributed by atoms with Crippen LogP contribution in [0, 0.1) is 0 Å². The van der Waals surface area contributed by atoms with Gasteiger partial charge in [-0.2, -0.15) is 13.2 Å². The maximum Gasteiger partial charge on any atom is 0.416 e. The summed E-state index contributed by atoms with van der Waals surface area (Å²) >= 11 is 5.43. The van der Waals surface area contributed by atoms with E-state index in [-0.39, 0.29) is 12.0 Å². The number of hydrogen-bond acceptors (Lipinski definition) is 2. The van der Waals surface area contributed by atoms with Crippen molar-refractivity contribution in [2.45, 2.75) is 25.4 Å². The molecule has 1 saturated heterocycles. The fourth-order valence-electron chi connectivity index (χ4n) is 3.80. The number of benzene rings is 2. The molecule has 2 aromatic carbocycles. The number of fused-ring (bicyclic) bond motifs is 1. The number of nitrogens with one attached hydrogen (secondary N) is 1. The van der Waals surface area contributed by atoms with E-state index in [9.17, 15) is 22.0 Å². The number of aliphatic imine (C=N–C) groups is 1. The lowest BCUT2D eigenvalue weighted by molar-refractivity contribution is -0.137. The van der Waals surface area contributed by atoms with Gasteiger partial charge in [-0.25, -0.2) is 13.8 Å². The number of hydrogen-bond donors (Lipinski definition) is 1. The molecule has 0 spiro atoms. The Kier molecular flexibility index (Phi) is 5.83. The first kappa shape index (κ1) is 22.4. The molecule has 0 atom stereocenters. The molecule has 0 saturated carbocycles. The van der Waals surface area contributed by atoms with Gasteiger partial charge in [-0.15, -0.1) is 0 Å². The fraction of sp³-hybridized carbons (Fsp3) is 0.364. The van der Waals surface area contributed by atoms with E-state index >= 15 is 0 Å². The second kappa shape index (κ2) is 8.31. The lowest BCUT2D eigenvalue weighted by Gasteiger charge is -2.36. The van der Waals surface area contributed by atoms with Gasteiger partial charge < -0.3 is 15.1 Å². The Morgan fingerprint density at radius 2 is 1.69 bits per heavy atom. The van der Waals surface area contributed by atoms with Crippen molar-refractivity contribution >= 4 is 34.5 Å². The summed E-state index contributed by atoms with van der Waals surface area (Å²) in [5, 5.41) is 3.38. The van der Waals surface area contributed by atoms with Gasteiger partial charge in [0.05, 0.1) is 5.56 Å². The Morgan fingerprint density at radius 1 is 0.969 bits per heavy atom. The normalized spacial score (nSPS) is 18.0. The molecule has 0 radical (unpaired) electrons. The van der Waals surface area contributed by atoms with Crippen LogP contribution in [0.25, 0.3) is 0 Å². The molecule has 0 aliphatic carbocycles. The van der Waals surface area contributed by atoms with Crippen molar-refractivity contribution in [3.63, 3.8) is 0 Å². The van der Waals surface area contributed by atoms with Crippen molar-refractivity contribution in [3.8, 4) is 0 Å². The van der Waals surface area contributed by atoms with Crippen LogP contribution in [0.4, 0.5) is 33.3 Å². The van der Waals surface area contributed by atoms with Gasteiger partial charge in [0.2, 0.25) is 0 Å². The van der Waals surface area contributed by atoms with E-state index in [0.717, 1.165) is 24.7 Å². The smallest absolute Gasteiger partial charge is 0.368 e. The van der Waals surface area contributed by atoms with Crippen LogP contribution in [-0.2, 0) is 18.5 Å². The Balaban J connectivity index is 1.37. The maximum atomic E-state index is 13.6. The Hall–Kier alpha value is -2.75. The number of thiocarbonyl (C=S) groups is 1. The van der Waals surface area contributed by atoms with E-state index < -0.39 is 17.7 Å². The molecule has 0 bridgehead atoms. The number of halogens is 5. The summed E-state index contributed by atoms with van der Waals surface area (Å²) in [5.41, 5.74) is 1.13. The van der Waals surface area contributed by atoms with Crippen LogP contribution in [0.15, 0.2) is 47.5 Å². The van der Waals surface area contributed by atoms with Crippen molar-refractivity contribution in [2.75, 3.05) is 36.4 Å². The first-order valence-corrected chi connectivity index (χ1v) is 10.5. The molecule has 2 aliphatic heterocycles. The molecule has 0 aromatic heterocycles. The van der Waals surface area contributed by atoms with Crippen LogP contribution in [0.3, 0.4) is 0 Å². The molecule has 4 rings (SSSR count). The quantitative estimate of drug-likeness (QED) is 0.479. The lowest BCUT2D eigenvalue weighted by Crippen LogP contribution is -2.48. The highest BCUT2D eigenvalue weighted by Gasteiger charge is 2.32. The van der Waals surface area contributed by atoms with Crippen molar-refractivity contribution in [2.24, 2.45) is 4.99 Å². The minimum absolute atomic E-state index is 0.0279. The first-order chi connectivity index (χ1) is 15.0.